The monoisotopic (exact) mass is 262 g/mol. The topological polar surface area (TPSA) is 66.6 Å². The van der Waals surface area contributed by atoms with Gasteiger partial charge in [0.1, 0.15) is 0 Å². The molecule has 1 atom stereocenters. The maximum Gasteiger partial charge on any atom is 0.255 e. The third kappa shape index (κ3) is 3.07. The number of aliphatic hydroxyl groups excluding tert-OH is 1. The fourth-order valence-corrected chi connectivity index (χ4v) is 2.61. The number of aryl methyl sites for hydroxylation is 1. The van der Waals surface area contributed by atoms with Gasteiger partial charge in [0.15, 0.2) is 0 Å². The number of nitrogen functional groups attached to an aromatic ring is 1. The van der Waals surface area contributed by atoms with Crippen molar-refractivity contribution in [2.45, 2.75) is 32.8 Å². The van der Waals surface area contributed by atoms with Gasteiger partial charge in [0, 0.05) is 18.8 Å². The third-order valence-corrected chi connectivity index (χ3v) is 3.95. The Labute approximate surface area is 114 Å². The van der Waals surface area contributed by atoms with E-state index >= 15 is 0 Å². The lowest BCUT2D eigenvalue weighted by atomic mass is 9.92. The lowest BCUT2D eigenvalue weighted by Gasteiger charge is -2.33. The van der Waals surface area contributed by atoms with Gasteiger partial charge in [0.05, 0.1) is 11.7 Å². The summed E-state index contributed by atoms with van der Waals surface area (Å²) in [6.07, 6.45) is 1.42. The van der Waals surface area contributed by atoms with Crippen molar-refractivity contribution in [3.8, 4) is 0 Å². The molecule has 3 N–H and O–H groups in total. The van der Waals surface area contributed by atoms with Crippen LogP contribution in [0.15, 0.2) is 18.2 Å². The number of piperidine rings is 1. The minimum Gasteiger partial charge on any atom is -0.398 e. The number of nitrogens with two attached hydrogens (primary N) is 1. The summed E-state index contributed by atoms with van der Waals surface area (Å²) in [6.45, 7) is 5.17. The number of nitrogens with zero attached hydrogens (tertiary/aromatic N) is 1. The molecule has 1 fully saturated rings. The maximum absolute atomic E-state index is 12.4. The molecule has 0 saturated carbocycles. The highest BCUT2D eigenvalue weighted by molar-refractivity contribution is 5.99. The molecule has 0 aliphatic carbocycles. The Bertz CT molecular complexity index is 463. The molecule has 4 nitrogen and oxygen atoms in total. The summed E-state index contributed by atoms with van der Waals surface area (Å²) in [5.41, 5.74) is 8.05. The van der Waals surface area contributed by atoms with Crippen molar-refractivity contribution in [2.24, 2.45) is 5.92 Å². The summed E-state index contributed by atoms with van der Waals surface area (Å²) in [6, 6.07) is 5.54. The fourth-order valence-electron chi connectivity index (χ4n) is 2.61. The molecule has 4 heteroatoms. The second-order valence-corrected chi connectivity index (χ2v) is 5.46. The second-order valence-electron chi connectivity index (χ2n) is 5.46. The van der Waals surface area contributed by atoms with E-state index in [0.29, 0.717) is 30.3 Å². The minimum atomic E-state index is -0.290. The van der Waals surface area contributed by atoms with Crippen LogP contribution in [0.3, 0.4) is 0 Å². The predicted molar refractivity (Wildman–Crippen MR) is 75.9 cm³/mol. The highest BCUT2D eigenvalue weighted by atomic mass is 16.3. The Morgan fingerprint density at radius 1 is 1.42 bits per heavy atom. The average Bonchev–Trinajstić information content (AvgIpc) is 2.41. The molecule has 1 heterocycles. The van der Waals surface area contributed by atoms with Crippen molar-refractivity contribution in [1.29, 1.82) is 0 Å². The van der Waals surface area contributed by atoms with Crippen LogP contribution in [0.1, 0.15) is 35.7 Å². The summed E-state index contributed by atoms with van der Waals surface area (Å²) < 4.78 is 0. The molecule has 0 spiro atoms. The molecular weight excluding hydrogens is 240 g/mol. The van der Waals surface area contributed by atoms with Gasteiger partial charge in [-0.2, -0.15) is 0 Å². The lowest BCUT2D eigenvalue weighted by Crippen LogP contribution is -2.41. The molecule has 1 aliphatic rings. The highest BCUT2D eigenvalue weighted by Crippen LogP contribution is 2.23. The van der Waals surface area contributed by atoms with Crippen molar-refractivity contribution in [2.75, 3.05) is 18.8 Å². The van der Waals surface area contributed by atoms with Crippen LogP contribution in [0.2, 0.25) is 0 Å². The number of hydrogen-bond acceptors (Lipinski definition) is 3. The van der Waals surface area contributed by atoms with Gasteiger partial charge >= 0.3 is 0 Å². The van der Waals surface area contributed by atoms with Gasteiger partial charge in [-0.25, -0.2) is 0 Å². The van der Waals surface area contributed by atoms with Crippen LogP contribution < -0.4 is 5.73 Å². The standard InChI is InChI=1S/C15H22N2O2/c1-10-3-4-14(16)13(9-10)15(19)17-7-5-12(6-8-17)11(2)18/h3-4,9,11-12,18H,5-8,16H2,1-2H3. The van der Waals surface area contributed by atoms with Crippen molar-refractivity contribution in [3.05, 3.63) is 29.3 Å². The lowest BCUT2D eigenvalue weighted by molar-refractivity contribution is 0.0522. The minimum absolute atomic E-state index is 0.00485. The smallest absolute Gasteiger partial charge is 0.255 e. The largest absolute Gasteiger partial charge is 0.398 e. The van der Waals surface area contributed by atoms with Crippen LogP contribution in [0.5, 0.6) is 0 Å². The Kier molecular flexibility index (Phi) is 4.10. The number of aliphatic hydroxyl groups is 1. The van der Waals surface area contributed by atoms with E-state index < -0.39 is 0 Å². The van der Waals surface area contributed by atoms with Gasteiger partial charge in [-0.15, -0.1) is 0 Å². The normalized spacial score (nSPS) is 18.4. The van der Waals surface area contributed by atoms with Gasteiger partial charge in [-0.1, -0.05) is 11.6 Å². The summed E-state index contributed by atoms with van der Waals surface area (Å²) in [7, 11) is 0. The molecule has 2 rings (SSSR count). The van der Waals surface area contributed by atoms with Gasteiger partial charge in [0.2, 0.25) is 0 Å². The molecule has 19 heavy (non-hydrogen) atoms. The molecule has 104 valence electrons. The van der Waals surface area contributed by atoms with Crippen LogP contribution in [0.25, 0.3) is 0 Å². The van der Waals surface area contributed by atoms with E-state index in [-0.39, 0.29) is 12.0 Å². The van der Waals surface area contributed by atoms with E-state index in [9.17, 15) is 9.90 Å². The van der Waals surface area contributed by atoms with E-state index in [4.69, 9.17) is 5.73 Å². The number of carbonyl (C=O) groups is 1. The van der Waals surface area contributed by atoms with Crippen molar-refractivity contribution in [1.82, 2.24) is 4.90 Å². The van der Waals surface area contributed by atoms with Crippen LogP contribution >= 0.6 is 0 Å². The van der Waals surface area contributed by atoms with E-state index in [1.807, 2.05) is 30.9 Å². The SMILES string of the molecule is Cc1ccc(N)c(C(=O)N2CCC(C(C)O)CC2)c1. The summed E-state index contributed by atoms with van der Waals surface area (Å²) >= 11 is 0. The zero-order valence-corrected chi connectivity index (χ0v) is 11.6. The average molecular weight is 262 g/mol. The number of hydrogen-bond donors (Lipinski definition) is 2. The molecular formula is C15H22N2O2. The van der Waals surface area contributed by atoms with E-state index in [2.05, 4.69) is 0 Å². The van der Waals surface area contributed by atoms with E-state index in [0.717, 1.165) is 18.4 Å². The van der Waals surface area contributed by atoms with Crippen LogP contribution in [0.4, 0.5) is 5.69 Å². The fraction of sp³-hybridized carbons (Fsp3) is 0.533. The Hall–Kier alpha value is -1.55. The van der Waals surface area contributed by atoms with Crippen LogP contribution in [-0.2, 0) is 0 Å². The van der Waals surface area contributed by atoms with Gasteiger partial charge in [-0.3, -0.25) is 4.79 Å². The first-order chi connectivity index (χ1) is 8.99. The molecule has 1 saturated heterocycles. The number of carbonyl (C=O) groups excluding carboxylic acids is 1. The Morgan fingerprint density at radius 3 is 2.63 bits per heavy atom. The Morgan fingerprint density at radius 2 is 2.05 bits per heavy atom. The van der Waals surface area contributed by atoms with Crippen molar-refractivity contribution >= 4 is 11.6 Å². The van der Waals surface area contributed by atoms with Gasteiger partial charge < -0.3 is 15.7 Å². The molecule has 1 unspecified atom stereocenters. The molecule has 1 aliphatic heterocycles. The van der Waals surface area contributed by atoms with Crippen LogP contribution in [-0.4, -0.2) is 35.1 Å². The van der Waals surface area contributed by atoms with Crippen LogP contribution in [0, 0.1) is 12.8 Å². The first-order valence-electron chi connectivity index (χ1n) is 6.82. The Balaban J connectivity index is 2.07. The molecule has 1 amide bonds. The zero-order chi connectivity index (χ0) is 14.0. The molecule has 0 aromatic heterocycles. The zero-order valence-electron chi connectivity index (χ0n) is 11.6. The van der Waals surface area contributed by atoms with Gasteiger partial charge in [-0.05, 0) is 44.7 Å². The molecule has 0 radical (unpaired) electrons. The number of amides is 1. The van der Waals surface area contributed by atoms with Crippen molar-refractivity contribution < 1.29 is 9.90 Å². The third-order valence-electron chi connectivity index (χ3n) is 3.95. The summed E-state index contributed by atoms with van der Waals surface area (Å²) in [5, 5.41) is 9.58. The quantitative estimate of drug-likeness (QED) is 0.799. The summed E-state index contributed by atoms with van der Waals surface area (Å²) in [5.74, 6) is 0.309. The van der Waals surface area contributed by atoms with Gasteiger partial charge in [0.25, 0.3) is 5.91 Å². The highest BCUT2D eigenvalue weighted by Gasteiger charge is 2.26. The first-order valence-corrected chi connectivity index (χ1v) is 6.82. The first kappa shape index (κ1) is 13.9. The van der Waals surface area contributed by atoms with E-state index in [1.165, 1.54) is 0 Å². The van der Waals surface area contributed by atoms with E-state index in [1.54, 1.807) is 6.07 Å². The summed E-state index contributed by atoms with van der Waals surface area (Å²) in [4.78, 5) is 14.3. The number of benzene rings is 1. The number of likely N-dealkylation sites (tertiary alicyclic amines) is 1. The predicted octanol–water partition coefficient (Wildman–Crippen LogP) is 1.81. The molecule has 1 aromatic rings. The second kappa shape index (κ2) is 5.61. The number of anilines is 1. The molecule has 1 aromatic carbocycles. The maximum atomic E-state index is 12.4. The number of rotatable bonds is 2. The van der Waals surface area contributed by atoms with Crippen molar-refractivity contribution in [3.63, 3.8) is 0 Å². The molecule has 0 bridgehead atoms.